The number of anilines is 1. The van der Waals surface area contributed by atoms with Crippen LogP contribution in [0.15, 0.2) is 77.3 Å². The molecular weight excluding hydrogens is 496 g/mol. The molecule has 8 heteroatoms. The van der Waals surface area contributed by atoms with Gasteiger partial charge in [-0.05, 0) is 56.3 Å². The van der Waals surface area contributed by atoms with Crippen LogP contribution in [-0.2, 0) is 4.74 Å². The maximum atomic E-state index is 12.6. The molecular formula is C26H25BrN4O3. The maximum absolute atomic E-state index is 12.6. The molecule has 0 fully saturated rings. The summed E-state index contributed by atoms with van der Waals surface area (Å²) in [5.41, 5.74) is 4.13. The molecule has 4 rings (SSSR count). The standard InChI is InChI=1S/C26H25BrN4O3/c1-3-33-15-16-34-26-29-24(19-9-7-18(2)8-10-19)31(30-26)23-13-11-22(12-14-23)28-25(32)20-5-4-6-21(27)17-20/h4-14,17H,3,15-16H2,1-2H3,(H,28,32). The van der Waals surface area contributed by atoms with Crippen molar-refractivity contribution in [1.82, 2.24) is 14.8 Å². The van der Waals surface area contributed by atoms with Crippen LogP contribution in [0.4, 0.5) is 5.69 Å². The Kier molecular flexibility index (Phi) is 7.72. The van der Waals surface area contributed by atoms with Crippen molar-refractivity contribution < 1.29 is 14.3 Å². The highest BCUT2D eigenvalue weighted by Gasteiger charge is 2.15. The molecule has 0 aliphatic rings. The summed E-state index contributed by atoms with van der Waals surface area (Å²) in [5, 5.41) is 7.48. The summed E-state index contributed by atoms with van der Waals surface area (Å²) in [5.74, 6) is 0.484. The van der Waals surface area contributed by atoms with Crippen LogP contribution in [0.5, 0.6) is 6.01 Å². The zero-order valence-corrected chi connectivity index (χ0v) is 20.6. The van der Waals surface area contributed by atoms with Crippen LogP contribution in [0, 0.1) is 6.92 Å². The lowest BCUT2D eigenvalue weighted by atomic mass is 10.1. The fourth-order valence-corrected chi connectivity index (χ4v) is 3.68. The molecule has 0 saturated heterocycles. The summed E-state index contributed by atoms with van der Waals surface area (Å²) in [4.78, 5) is 17.2. The predicted molar refractivity (Wildman–Crippen MR) is 136 cm³/mol. The van der Waals surface area contributed by atoms with E-state index in [4.69, 9.17) is 9.47 Å². The molecule has 0 aliphatic heterocycles. The molecule has 0 aliphatic carbocycles. The van der Waals surface area contributed by atoms with E-state index in [9.17, 15) is 4.79 Å². The van der Waals surface area contributed by atoms with Crippen molar-refractivity contribution in [3.05, 3.63) is 88.4 Å². The number of hydrogen-bond acceptors (Lipinski definition) is 5. The van der Waals surface area contributed by atoms with Crippen LogP contribution in [0.2, 0.25) is 0 Å². The molecule has 4 aromatic rings. The summed E-state index contributed by atoms with van der Waals surface area (Å²) in [6.45, 7) is 5.44. The second kappa shape index (κ2) is 11.1. The van der Waals surface area contributed by atoms with Crippen LogP contribution in [0.3, 0.4) is 0 Å². The van der Waals surface area contributed by atoms with E-state index in [-0.39, 0.29) is 11.9 Å². The first-order chi connectivity index (χ1) is 16.5. The number of carbonyl (C=O) groups excluding carboxylic acids is 1. The number of rotatable bonds is 9. The predicted octanol–water partition coefficient (Wildman–Crippen LogP) is 5.67. The number of aromatic nitrogens is 3. The highest BCUT2D eigenvalue weighted by molar-refractivity contribution is 9.10. The zero-order chi connectivity index (χ0) is 23.9. The Hall–Kier alpha value is -3.49. The third-order valence-corrected chi connectivity index (χ3v) is 5.51. The average molecular weight is 521 g/mol. The molecule has 0 radical (unpaired) electrons. The van der Waals surface area contributed by atoms with Crippen molar-refractivity contribution in [2.75, 3.05) is 25.1 Å². The molecule has 1 heterocycles. The molecule has 3 aromatic carbocycles. The monoisotopic (exact) mass is 520 g/mol. The SMILES string of the molecule is CCOCCOc1nc(-c2ccc(C)cc2)n(-c2ccc(NC(=O)c3cccc(Br)c3)cc2)n1. The van der Waals surface area contributed by atoms with Crippen LogP contribution >= 0.6 is 15.9 Å². The van der Waals surface area contributed by atoms with Gasteiger partial charge in [-0.15, -0.1) is 5.10 Å². The molecule has 1 N–H and O–H groups in total. The quantitative estimate of drug-likeness (QED) is 0.287. The van der Waals surface area contributed by atoms with E-state index in [2.05, 4.69) is 31.3 Å². The van der Waals surface area contributed by atoms with Crippen molar-refractivity contribution in [3.63, 3.8) is 0 Å². The number of ether oxygens (including phenoxy) is 2. The number of aryl methyl sites for hydroxylation is 1. The van der Waals surface area contributed by atoms with Gasteiger partial charge >= 0.3 is 6.01 Å². The van der Waals surface area contributed by atoms with Gasteiger partial charge in [0.25, 0.3) is 5.91 Å². The molecule has 0 saturated carbocycles. The Balaban J connectivity index is 1.57. The molecule has 0 bridgehead atoms. The van der Waals surface area contributed by atoms with Gasteiger partial charge < -0.3 is 14.8 Å². The largest absolute Gasteiger partial charge is 0.460 e. The van der Waals surface area contributed by atoms with Gasteiger partial charge in [-0.2, -0.15) is 4.98 Å². The normalized spacial score (nSPS) is 10.8. The van der Waals surface area contributed by atoms with E-state index in [0.717, 1.165) is 21.3 Å². The van der Waals surface area contributed by atoms with E-state index in [1.165, 1.54) is 0 Å². The Bertz CT molecular complexity index is 1250. The second-order valence-electron chi connectivity index (χ2n) is 7.55. The summed E-state index contributed by atoms with van der Waals surface area (Å²) in [7, 11) is 0. The molecule has 1 aromatic heterocycles. The Morgan fingerprint density at radius 3 is 2.50 bits per heavy atom. The lowest BCUT2D eigenvalue weighted by Crippen LogP contribution is -2.11. The first-order valence-corrected chi connectivity index (χ1v) is 11.7. The van der Waals surface area contributed by atoms with Crippen molar-refractivity contribution in [2.24, 2.45) is 0 Å². The molecule has 0 spiro atoms. The molecule has 7 nitrogen and oxygen atoms in total. The van der Waals surface area contributed by atoms with Crippen LogP contribution < -0.4 is 10.1 Å². The van der Waals surface area contributed by atoms with E-state index >= 15 is 0 Å². The van der Waals surface area contributed by atoms with Crippen molar-refractivity contribution in [3.8, 4) is 23.1 Å². The lowest BCUT2D eigenvalue weighted by molar-refractivity contribution is 0.102. The molecule has 1 amide bonds. The van der Waals surface area contributed by atoms with E-state index < -0.39 is 0 Å². The first kappa shape index (κ1) is 23.7. The van der Waals surface area contributed by atoms with Crippen LogP contribution in [0.1, 0.15) is 22.8 Å². The van der Waals surface area contributed by atoms with Gasteiger partial charge in [-0.1, -0.05) is 51.8 Å². The third-order valence-electron chi connectivity index (χ3n) is 5.02. The Labute approximate surface area is 206 Å². The maximum Gasteiger partial charge on any atom is 0.336 e. The number of carbonyl (C=O) groups is 1. The minimum atomic E-state index is -0.180. The topological polar surface area (TPSA) is 78.3 Å². The highest BCUT2D eigenvalue weighted by atomic mass is 79.9. The summed E-state index contributed by atoms with van der Waals surface area (Å²) in [6.07, 6.45) is 0. The molecule has 34 heavy (non-hydrogen) atoms. The fraction of sp³-hybridized carbons (Fsp3) is 0.192. The van der Waals surface area contributed by atoms with Gasteiger partial charge in [0.05, 0.1) is 12.3 Å². The van der Waals surface area contributed by atoms with Crippen molar-refractivity contribution in [1.29, 1.82) is 0 Å². The van der Waals surface area contributed by atoms with Crippen LogP contribution in [-0.4, -0.2) is 40.5 Å². The summed E-state index contributed by atoms with van der Waals surface area (Å²) >= 11 is 3.39. The average Bonchev–Trinajstić information content (AvgIpc) is 3.27. The molecule has 0 atom stereocenters. The molecule has 0 unspecified atom stereocenters. The van der Waals surface area contributed by atoms with Gasteiger partial charge in [0.1, 0.15) is 6.61 Å². The number of nitrogens with zero attached hydrogens (tertiary/aromatic N) is 3. The van der Waals surface area contributed by atoms with Crippen molar-refractivity contribution in [2.45, 2.75) is 13.8 Å². The van der Waals surface area contributed by atoms with Gasteiger partial charge in [0, 0.05) is 27.9 Å². The molecule has 174 valence electrons. The minimum absolute atomic E-state index is 0.180. The summed E-state index contributed by atoms with van der Waals surface area (Å²) in [6, 6.07) is 23.0. The summed E-state index contributed by atoms with van der Waals surface area (Å²) < 4.78 is 13.6. The smallest absolute Gasteiger partial charge is 0.336 e. The minimum Gasteiger partial charge on any atom is -0.460 e. The van der Waals surface area contributed by atoms with Gasteiger partial charge in [0.2, 0.25) is 0 Å². The first-order valence-electron chi connectivity index (χ1n) is 11.0. The van der Waals surface area contributed by atoms with E-state index in [1.54, 1.807) is 16.8 Å². The number of halogens is 1. The second-order valence-corrected chi connectivity index (χ2v) is 8.47. The number of hydrogen-bond donors (Lipinski definition) is 1. The number of amides is 1. The number of benzene rings is 3. The van der Waals surface area contributed by atoms with Crippen molar-refractivity contribution >= 4 is 27.5 Å². The fourth-order valence-electron chi connectivity index (χ4n) is 3.28. The van der Waals surface area contributed by atoms with E-state index in [1.807, 2.05) is 74.5 Å². The third kappa shape index (κ3) is 5.89. The lowest BCUT2D eigenvalue weighted by Gasteiger charge is -2.09. The highest BCUT2D eigenvalue weighted by Crippen LogP contribution is 2.25. The van der Waals surface area contributed by atoms with Gasteiger partial charge in [0.15, 0.2) is 5.82 Å². The zero-order valence-electron chi connectivity index (χ0n) is 19.0. The number of nitrogens with one attached hydrogen (secondary N) is 1. The van der Waals surface area contributed by atoms with Gasteiger partial charge in [-0.3, -0.25) is 4.79 Å². The van der Waals surface area contributed by atoms with E-state index in [0.29, 0.717) is 36.9 Å². The Morgan fingerprint density at radius 1 is 1.03 bits per heavy atom. The Morgan fingerprint density at radius 2 is 1.79 bits per heavy atom. The van der Waals surface area contributed by atoms with Gasteiger partial charge in [-0.25, -0.2) is 4.68 Å². The van der Waals surface area contributed by atoms with Crippen LogP contribution in [0.25, 0.3) is 17.1 Å².